The number of allylic oxidation sites excluding steroid dienone is 1. The van der Waals surface area contributed by atoms with E-state index in [1.165, 1.54) is 40.6 Å². The first kappa shape index (κ1) is 16.3. The predicted molar refractivity (Wildman–Crippen MR) is 102 cm³/mol. The minimum Gasteiger partial charge on any atom is -0.306 e. The summed E-state index contributed by atoms with van der Waals surface area (Å²) in [5.74, 6) is 0. The van der Waals surface area contributed by atoms with Crippen LogP contribution in [0.25, 0.3) is 6.08 Å². The van der Waals surface area contributed by atoms with Crippen molar-refractivity contribution in [2.45, 2.75) is 50.6 Å². The second-order valence-corrected chi connectivity index (χ2v) is 7.63. The Balaban J connectivity index is 1.47. The molecule has 0 fully saturated rings. The van der Waals surface area contributed by atoms with E-state index in [1.54, 1.807) is 0 Å². The molecule has 1 heterocycles. The van der Waals surface area contributed by atoms with E-state index in [2.05, 4.69) is 47.2 Å². The first-order valence-electron chi connectivity index (χ1n) is 8.75. The number of aromatic nitrogens is 2. The van der Waals surface area contributed by atoms with E-state index in [0.717, 1.165) is 30.0 Å². The Morgan fingerprint density at radius 2 is 2.20 bits per heavy atom. The predicted octanol–water partition coefficient (Wildman–Crippen LogP) is 4.35. The van der Waals surface area contributed by atoms with Gasteiger partial charge < -0.3 is 5.32 Å². The van der Waals surface area contributed by atoms with Gasteiger partial charge in [-0.25, -0.2) is 4.79 Å². The van der Waals surface area contributed by atoms with Gasteiger partial charge in [0.2, 0.25) is 0 Å². The summed E-state index contributed by atoms with van der Waals surface area (Å²) in [7, 11) is 0. The van der Waals surface area contributed by atoms with E-state index in [-0.39, 0.29) is 6.03 Å². The van der Waals surface area contributed by atoms with Crippen LogP contribution in [0.3, 0.4) is 0 Å². The zero-order valence-corrected chi connectivity index (χ0v) is 15.3. The van der Waals surface area contributed by atoms with Crippen LogP contribution in [0.4, 0.5) is 10.5 Å². The number of hydrogen-bond donors (Lipinski definition) is 2. The third-order valence-electron chi connectivity index (χ3n) is 4.75. The van der Waals surface area contributed by atoms with Crippen LogP contribution < -0.4 is 10.0 Å². The van der Waals surface area contributed by atoms with Gasteiger partial charge in [0.05, 0.1) is 5.69 Å². The molecule has 130 valence electrons. The van der Waals surface area contributed by atoms with Gasteiger partial charge in [-0.15, -0.1) is 0 Å². The Labute approximate surface area is 152 Å². The molecule has 1 aromatic heterocycles. The summed E-state index contributed by atoms with van der Waals surface area (Å²) < 4.78 is 4.73. The van der Waals surface area contributed by atoms with Gasteiger partial charge in [-0.2, -0.15) is 5.10 Å². The first-order chi connectivity index (χ1) is 12.1. The van der Waals surface area contributed by atoms with E-state index in [4.69, 9.17) is 0 Å². The molecule has 1 aromatic carbocycles. The maximum Gasteiger partial charge on any atom is 0.329 e. The quantitative estimate of drug-likeness (QED) is 0.803. The molecular formula is C19H22N4OS. The highest BCUT2D eigenvalue weighted by Gasteiger charge is 2.23. The third-order valence-corrected chi connectivity index (χ3v) is 5.46. The summed E-state index contributed by atoms with van der Waals surface area (Å²) in [5, 5.41) is 8.30. The van der Waals surface area contributed by atoms with Crippen LogP contribution in [-0.4, -0.2) is 15.8 Å². The highest BCUT2D eigenvalue weighted by Crippen LogP contribution is 2.37. The Kier molecular flexibility index (Phi) is 4.29. The number of benzene rings is 1. The van der Waals surface area contributed by atoms with Crippen molar-refractivity contribution in [1.82, 2.24) is 14.5 Å². The third kappa shape index (κ3) is 3.18. The molecule has 2 N–H and O–H groups in total. The normalized spacial score (nSPS) is 14.7. The number of urea groups is 1. The van der Waals surface area contributed by atoms with Gasteiger partial charge >= 0.3 is 6.03 Å². The summed E-state index contributed by atoms with van der Waals surface area (Å²) in [6.07, 6.45) is 10.5. The topological polar surface area (TPSA) is 59.0 Å². The Morgan fingerprint density at radius 3 is 3.00 bits per heavy atom. The van der Waals surface area contributed by atoms with Crippen LogP contribution in [0, 0.1) is 0 Å². The fraction of sp³-hybridized carbons (Fsp3) is 0.368. The fourth-order valence-electron chi connectivity index (χ4n) is 3.53. The van der Waals surface area contributed by atoms with Crippen LogP contribution in [0.5, 0.6) is 0 Å². The monoisotopic (exact) mass is 354 g/mol. The summed E-state index contributed by atoms with van der Waals surface area (Å²) in [6, 6.07) is 4.33. The smallest absolute Gasteiger partial charge is 0.306 e. The molecule has 0 unspecified atom stereocenters. The molecule has 25 heavy (non-hydrogen) atoms. The lowest BCUT2D eigenvalue weighted by Gasteiger charge is -2.15. The number of nitrogens with one attached hydrogen (secondary N) is 2. The van der Waals surface area contributed by atoms with E-state index in [9.17, 15) is 4.79 Å². The molecule has 0 spiro atoms. The van der Waals surface area contributed by atoms with Crippen molar-refractivity contribution in [3.63, 3.8) is 0 Å². The molecule has 0 bridgehead atoms. The molecule has 0 radical (unpaired) electrons. The lowest BCUT2D eigenvalue weighted by molar-refractivity contribution is 0.257. The van der Waals surface area contributed by atoms with Crippen LogP contribution in [0.2, 0.25) is 0 Å². The zero-order chi connectivity index (χ0) is 17.4. The summed E-state index contributed by atoms with van der Waals surface area (Å²) >= 11 is 1.24. The molecule has 2 aromatic rings. The minimum absolute atomic E-state index is 0.202. The van der Waals surface area contributed by atoms with Crippen molar-refractivity contribution in [2.24, 2.45) is 0 Å². The summed E-state index contributed by atoms with van der Waals surface area (Å²) in [4.78, 5) is 12.4. The standard InChI is InChI=1S/C19H22N4OS/c1-12(2)23-10-9-17(21-23)25-22-19(24)20-18-15-7-3-5-13(15)11-14-6-4-8-16(14)18/h3,7,9-12H,4-6,8H2,1-2H3,(H2,20,22,24). The molecule has 2 aliphatic carbocycles. The van der Waals surface area contributed by atoms with Crippen LogP contribution in [0.1, 0.15) is 48.6 Å². The summed E-state index contributed by atoms with van der Waals surface area (Å²) in [6.45, 7) is 4.15. The number of carbonyl (C=O) groups excluding carboxylic acids is 1. The van der Waals surface area contributed by atoms with Crippen molar-refractivity contribution >= 4 is 29.7 Å². The first-order valence-corrected chi connectivity index (χ1v) is 9.56. The summed E-state index contributed by atoms with van der Waals surface area (Å²) in [5.41, 5.74) is 6.17. The Bertz CT molecular complexity index is 853. The second-order valence-electron chi connectivity index (χ2n) is 6.81. The van der Waals surface area contributed by atoms with Crippen molar-refractivity contribution < 1.29 is 4.79 Å². The van der Waals surface area contributed by atoms with Gasteiger partial charge in [-0.3, -0.25) is 9.40 Å². The van der Waals surface area contributed by atoms with Crippen molar-refractivity contribution in [2.75, 3.05) is 5.32 Å². The highest BCUT2D eigenvalue weighted by atomic mass is 32.2. The SMILES string of the molecule is CC(C)n1ccc(SNC(=O)Nc2c3c(cc4c2CCC4)CC=C3)n1. The second kappa shape index (κ2) is 6.59. The zero-order valence-electron chi connectivity index (χ0n) is 14.5. The number of nitrogens with zero attached hydrogens (tertiary/aromatic N) is 2. The molecule has 0 atom stereocenters. The molecule has 2 amide bonds. The molecule has 0 saturated heterocycles. The average Bonchev–Trinajstić information content (AvgIpc) is 3.32. The Hall–Kier alpha value is -2.21. The van der Waals surface area contributed by atoms with Crippen molar-refractivity contribution in [3.05, 3.63) is 46.7 Å². The largest absolute Gasteiger partial charge is 0.329 e. The van der Waals surface area contributed by atoms with Crippen LogP contribution >= 0.6 is 11.9 Å². The number of anilines is 1. The van der Waals surface area contributed by atoms with Gasteiger partial charge in [0.25, 0.3) is 0 Å². The van der Waals surface area contributed by atoms with Gasteiger partial charge in [0, 0.05) is 29.8 Å². The van der Waals surface area contributed by atoms with Gasteiger partial charge in [0.15, 0.2) is 0 Å². The fourth-order valence-corrected chi connectivity index (χ4v) is 4.04. The van der Waals surface area contributed by atoms with Gasteiger partial charge in [-0.1, -0.05) is 18.2 Å². The minimum atomic E-state index is -0.202. The molecule has 2 aliphatic rings. The number of fused-ring (bicyclic) bond motifs is 2. The van der Waals surface area contributed by atoms with E-state index < -0.39 is 0 Å². The Morgan fingerprint density at radius 1 is 1.32 bits per heavy atom. The lowest BCUT2D eigenvalue weighted by Crippen LogP contribution is -2.24. The molecule has 0 aliphatic heterocycles. The molecule has 0 saturated carbocycles. The molecule has 4 rings (SSSR count). The number of amides is 2. The van der Waals surface area contributed by atoms with Gasteiger partial charge in [-0.05, 0) is 62.3 Å². The lowest BCUT2D eigenvalue weighted by atomic mass is 9.98. The van der Waals surface area contributed by atoms with Crippen molar-refractivity contribution in [1.29, 1.82) is 0 Å². The number of carbonyl (C=O) groups is 1. The average molecular weight is 354 g/mol. The van der Waals surface area contributed by atoms with E-state index in [1.807, 2.05) is 16.9 Å². The molecular weight excluding hydrogens is 332 g/mol. The molecule has 6 heteroatoms. The number of rotatable bonds is 4. The number of aryl methyl sites for hydroxylation is 1. The van der Waals surface area contributed by atoms with Crippen molar-refractivity contribution in [3.8, 4) is 0 Å². The van der Waals surface area contributed by atoms with E-state index >= 15 is 0 Å². The van der Waals surface area contributed by atoms with E-state index in [0.29, 0.717) is 6.04 Å². The maximum atomic E-state index is 12.4. The number of hydrogen-bond acceptors (Lipinski definition) is 3. The van der Waals surface area contributed by atoms with Gasteiger partial charge in [0.1, 0.15) is 5.03 Å². The molecule has 5 nitrogen and oxygen atoms in total. The van der Waals surface area contributed by atoms with Crippen LogP contribution in [0.15, 0.2) is 29.4 Å². The van der Waals surface area contributed by atoms with Crippen LogP contribution in [-0.2, 0) is 19.3 Å². The maximum absolute atomic E-state index is 12.4. The highest BCUT2D eigenvalue weighted by molar-refractivity contribution is 7.97.